The summed E-state index contributed by atoms with van der Waals surface area (Å²) in [6, 6.07) is -0.499. The van der Waals surface area contributed by atoms with E-state index in [9.17, 15) is 20.0 Å². The van der Waals surface area contributed by atoms with Crippen LogP contribution in [0.5, 0.6) is 0 Å². The fourth-order valence-corrected chi connectivity index (χ4v) is 2.49. The van der Waals surface area contributed by atoms with E-state index < -0.39 is 23.4 Å². The lowest BCUT2D eigenvalue weighted by Crippen LogP contribution is -2.70. The van der Waals surface area contributed by atoms with E-state index in [0.29, 0.717) is 23.0 Å². The highest BCUT2D eigenvalue weighted by Crippen LogP contribution is 2.38. The van der Waals surface area contributed by atoms with Crippen molar-refractivity contribution in [2.75, 3.05) is 0 Å². The molecule has 0 radical (unpaired) electrons. The van der Waals surface area contributed by atoms with Crippen molar-refractivity contribution in [3.05, 3.63) is 0 Å². The minimum atomic E-state index is -1.06. The van der Waals surface area contributed by atoms with Crippen molar-refractivity contribution in [3.8, 4) is 0 Å². The van der Waals surface area contributed by atoms with Crippen molar-refractivity contribution in [1.82, 2.24) is 10.1 Å². The Hall–Kier alpha value is -1.14. The molecular formula is C9H14N2O4. The van der Waals surface area contributed by atoms with Gasteiger partial charge in [-0.2, -0.15) is 0 Å². The van der Waals surface area contributed by atoms with E-state index >= 15 is 0 Å². The minimum Gasteiger partial charge on any atom is -0.285 e. The predicted molar refractivity (Wildman–Crippen MR) is 47.9 cm³/mol. The second kappa shape index (κ2) is 3.18. The van der Waals surface area contributed by atoms with Gasteiger partial charge in [0, 0.05) is 0 Å². The number of carbonyl (C=O) groups excluding carboxylic acids is 2. The summed E-state index contributed by atoms with van der Waals surface area (Å²) in [5, 5.41) is 20.2. The lowest BCUT2D eigenvalue weighted by molar-refractivity contribution is -0.258. The van der Waals surface area contributed by atoms with Crippen molar-refractivity contribution in [3.63, 3.8) is 0 Å². The molecule has 1 aliphatic heterocycles. The Morgan fingerprint density at radius 1 is 1.27 bits per heavy atom. The first-order valence-electron chi connectivity index (χ1n) is 5.04. The molecule has 1 saturated carbocycles. The van der Waals surface area contributed by atoms with Crippen molar-refractivity contribution >= 4 is 11.8 Å². The van der Waals surface area contributed by atoms with Crippen LogP contribution < -0.4 is 0 Å². The van der Waals surface area contributed by atoms with Gasteiger partial charge in [0.05, 0.1) is 11.6 Å². The first-order valence-corrected chi connectivity index (χ1v) is 5.04. The van der Waals surface area contributed by atoms with Gasteiger partial charge in [-0.3, -0.25) is 20.0 Å². The molecule has 0 aromatic carbocycles. The van der Waals surface area contributed by atoms with Crippen molar-refractivity contribution < 1.29 is 20.0 Å². The lowest BCUT2D eigenvalue weighted by atomic mass is 9.77. The molecule has 2 amide bonds. The largest absolute Gasteiger partial charge is 0.338 e. The first-order chi connectivity index (χ1) is 6.98. The van der Waals surface area contributed by atoms with Crippen LogP contribution in [0.2, 0.25) is 0 Å². The van der Waals surface area contributed by atoms with Crippen LogP contribution in [-0.4, -0.2) is 43.9 Å². The van der Waals surface area contributed by atoms with Crippen LogP contribution in [0.25, 0.3) is 0 Å². The topological polar surface area (TPSA) is 81.1 Å². The Bertz CT molecular complexity index is 319. The Kier molecular flexibility index (Phi) is 2.20. The molecule has 6 heteroatoms. The molecule has 84 valence electrons. The normalized spacial score (nSPS) is 36.9. The average Bonchev–Trinajstić information content (AvgIpc) is 2.24. The summed E-state index contributed by atoms with van der Waals surface area (Å²) in [6.45, 7) is 1.68. The van der Waals surface area contributed by atoms with E-state index in [1.807, 2.05) is 0 Å². The summed E-state index contributed by atoms with van der Waals surface area (Å²) in [5.41, 5.74) is -0.849. The molecule has 0 unspecified atom stereocenters. The van der Waals surface area contributed by atoms with Gasteiger partial charge in [0.15, 0.2) is 0 Å². The van der Waals surface area contributed by atoms with Gasteiger partial charge in [-0.15, -0.1) is 0 Å². The maximum atomic E-state index is 11.3. The zero-order chi connectivity index (χ0) is 11.2. The molecule has 1 heterocycles. The van der Waals surface area contributed by atoms with Gasteiger partial charge in [-0.05, 0) is 19.8 Å². The zero-order valence-corrected chi connectivity index (χ0v) is 8.51. The van der Waals surface area contributed by atoms with Crippen LogP contribution in [0, 0.1) is 0 Å². The van der Waals surface area contributed by atoms with E-state index in [4.69, 9.17) is 0 Å². The van der Waals surface area contributed by atoms with Crippen LogP contribution in [-0.2, 0) is 9.59 Å². The Labute approximate surface area is 87.0 Å². The third-order valence-electron chi connectivity index (χ3n) is 3.49. The first kappa shape index (κ1) is 10.4. The van der Waals surface area contributed by atoms with Crippen LogP contribution in [0.1, 0.15) is 32.6 Å². The standard InChI is InChI=1S/C9H14N2O4/c1-9-5-3-2-4-6(9)10(14)7(12)8(13)11(9)15/h6,14-15H,2-5H2,1H3/t6-,9-/m0/s1. The van der Waals surface area contributed by atoms with E-state index in [1.54, 1.807) is 6.92 Å². The second-order valence-electron chi connectivity index (χ2n) is 4.39. The number of carbonyl (C=O) groups is 2. The molecule has 6 nitrogen and oxygen atoms in total. The van der Waals surface area contributed by atoms with Crippen LogP contribution >= 0.6 is 0 Å². The SMILES string of the molecule is C[C@]12CCCC[C@@H]1N(O)C(=O)C(=O)N2O. The molecule has 0 bridgehead atoms. The molecule has 0 spiro atoms. The number of piperazine rings is 1. The van der Waals surface area contributed by atoms with Crippen LogP contribution in [0.15, 0.2) is 0 Å². The van der Waals surface area contributed by atoms with Crippen LogP contribution in [0.3, 0.4) is 0 Å². The second-order valence-corrected chi connectivity index (χ2v) is 4.39. The van der Waals surface area contributed by atoms with Crippen LogP contribution in [0.4, 0.5) is 0 Å². The molecule has 15 heavy (non-hydrogen) atoms. The van der Waals surface area contributed by atoms with Crippen molar-refractivity contribution in [1.29, 1.82) is 0 Å². The monoisotopic (exact) mass is 214 g/mol. The minimum absolute atomic E-state index is 0.480. The van der Waals surface area contributed by atoms with Gasteiger partial charge >= 0.3 is 11.8 Å². The highest BCUT2D eigenvalue weighted by atomic mass is 16.5. The van der Waals surface area contributed by atoms with Crippen molar-refractivity contribution in [2.24, 2.45) is 0 Å². The highest BCUT2D eigenvalue weighted by Gasteiger charge is 2.54. The summed E-state index contributed by atoms with van der Waals surface area (Å²) >= 11 is 0. The number of fused-ring (bicyclic) bond motifs is 1. The quantitative estimate of drug-likeness (QED) is 0.444. The van der Waals surface area contributed by atoms with E-state index in [1.165, 1.54) is 0 Å². The molecule has 0 aromatic rings. The highest BCUT2D eigenvalue weighted by molar-refractivity contribution is 6.35. The number of hydrogen-bond acceptors (Lipinski definition) is 4. The Morgan fingerprint density at radius 2 is 1.93 bits per heavy atom. The summed E-state index contributed by atoms with van der Waals surface area (Å²) < 4.78 is 0. The molecule has 2 aliphatic rings. The van der Waals surface area contributed by atoms with Gasteiger partial charge in [0.2, 0.25) is 0 Å². The fraction of sp³-hybridized carbons (Fsp3) is 0.778. The predicted octanol–water partition coefficient (Wildman–Crippen LogP) is 0.137. The van der Waals surface area contributed by atoms with E-state index in [2.05, 4.69) is 0 Å². The zero-order valence-electron chi connectivity index (χ0n) is 8.51. The molecule has 2 rings (SSSR count). The maximum Gasteiger partial charge on any atom is 0.338 e. The fourth-order valence-electron chi connectivity index (χ4n) is 2.49. The summed E-state index contributed by atoms with van der Waals surface area (Å²) in [5.74, 6) is -2.11. The number of hydrogen-bond donors (Lipinski definition) is 2. The van der Waals surface area contributed by atoms with Gasteiger partial charge in [-0.25, -0.2) is 10.1 Å². The van der Waals surface area contributed by atoms with Gasteiger partial charge in [0.25, 0.3) is 0 Å². The molecule has 2 fully saturated rings. The lowest BCUT2D eigenvalue weighted by Gasteiger charge is -2.50. The summed E-state index contributed by atoms with van der Waals surface area (Å²) in [6.07, 6.45) is 2.94. The van der Waals surface area contributed by atoms with E-state index in [-0.39, 0.29) is 0 Å². The smallest absolute Gasteiger partial charge is 0.285 e. The number of amides is 2. The molecule has 0 aromatic heterocycles. The third kappa shape index (κ3) is 1.25. The summed E-state index contributed by atoms with van der Waals surface area (Å²) in [4.78, 5) is 22.6. The molecular weight excluding hydrogens is 200 g/mol. The molecule has 2 atom stereocenters. The number of rotatable bonds is 0. The number of nitrogens with zero attached hydrogens (tertiary/aromatic N) is 2. The summed E-state index contributed by atoms with van der Waals surface area (Å²) in [7, 11) is 0. The van der Waals surface area contributed by atoms with E-state index in [0.717, 1.165) is 12.8 Å². The van der Waals surface area contributed by atoms with Gasteiger partial charge in [0.1, 0.15) is 0 Å². The van der Waals surface area contributed by atoms with Gasteiger partial charge < -0.3 is 0 Å². The maximum absolute atomic E-state index is 11.3. The Morgan fingerprint density at radius 3 is 2.60 bits per heavy atom. The van der Waals surface area contributed by atoms with Crippen molar-refractivity contribution in [2.45, 2.75) is 44.2 Å². The van der Waals surface area contributed by atoms with Gasteiger partial charge in [-0.1, -0.05) is 12.8 Å². The third-order valence-corrected chi connectivity index (χ3v) is 3.49. The molecule has 2 N–H and O–H groups in total. The molecule has 1 aliphatic carbocycles. The number of hydroxylamine groups is 4. The Balaban J connectivity index is 2.37. The molecule has 1 saturated heterocycles. The average molecular weight is 214 g/mol.